The summed E-state index contributed by atoms with van der Waals surface area (Å²) in [4.78, 5) is 24.2. The van der Waals surface area contributed by atoms with E-state index < -0.39 is 5.97 Å². The van der Waals surface area contributed by atoms with Crippen LogP contribution in [0.15, 0.2) is 0 Å². The van der Waals surface area contributed by atoms with Gasteiger partial charge in [0, 0.05) is 6.54 Å². The molecule has 0 aliphatic heterocycles. The van der Waals surface area contributed by atoms with Gasteiger partial charge in [-0.05, 0) is 25.8 Å². The second-order valence-corrected chi connectivity index (χ2v) is 5.18. The SMILES string of the molecule is CCCCNC(=O)c1sc(N)c(C(=O)OCC)c1C. The summed E-state index contributed by atoms with van der Waals surface area (Å²) in [6.07, 6.45) is 1.94. The Balaban J connectivity index is 2.89. The van der Waals surface area contributed by atoms with Crippen LogP contribution in [0.1, 0.15) is 52.3 Å². The van der Waals surface area contributed by atoms with E-state index in [0.717, 1.165) is 24.2 Å². The van der Waals surface area contributed by atoms with E-state index in [1.807, 2.05) is 0 Å². The maximum Gasteiger partial charge on any atom is 0.341 e. The topological polar surface area (TPSA) is 81.4 Å². The number of unbranched alkanes of at least 4 members (excludes halogenated alkanes) is 1. The maximum atomic E-state index is 12.0. The number of ether oxygens (including phenoxy) is 1. The van der Waals surface area contributed by atoms with E-state index in [4.69, 9.17) is 10.5 Å². The number of hydrogen-bond acceptors (Lipinski definition) is 5. The first-order chi connectivity index (χ1) is 9.02. The summed E-state index contributed by atoms with van der Waals surface area (Å²) < 4.78 is 4.94. The molecule has 0 unspecified atom stereocenters. The summed E-state index contributed by atoms with van der Waals surface area (Å²) in [6, 6.07) is 0. The lowest BCUT2D eigenvalue weighted by molar-refractivity contribution is 0.0527. The van der Waals surface area contributed by atoms with Crippen LogP contribution in [0.25, 0.3) is 0 Å². The standard InChI is InChI=1S/C13H20N2O3S/c1-4-6-7-15-12(16)10-8(3)9(11(14)19-10)13(17)18-5-2/h4-7,14H2,1-3H3,(H,15,16). The second-order valence-electron chi connectivity index (χ2n) is 4.13. The van der Waals surface area contributed by atoms with Gasteiger partial charge in [0.05, 0.1) is 17.0 Å². The molecule has 0 aromatic carbocycles. The molecular weight excluding hydrogens is 264 g/mol. The van der Waals surface area contributed by atoms with Gasteiger partial charge in [0.25, 0.3) is 5.91 Å². The highest BCUT2D eigenvalue weighted by molar-refractivity contribution is 7.18. The van der Waals surface area contributed by atoms with Crippen molar-refractivity contribution in [2.45, 2.75) is 33.6 Å². The molecule has 1 heterocycles. The maximum absolute atomic E-state index is 12.0. The third kappa shape index (κ3) is 3.70. The number of thiophene rings is 1. The van der Waals surface area contributed by atoms with E-state index in [-0.39, 0.29) is 12.5 Å². The molecule has 1 rings (SSSR count). The fraction of sp³-hybridized carbons (Fsp3) is 0.538. The highest BCUT2D eigenvalue weighted by atomic mass is 32.1. The van der Waals surface area contributed by atoms with Gasteiger partial charge in [-0.2, -0.15) is 0 Å². The molecule has 1 aromatic heterocycles. The van der Waals surface area contributed by atoms with Gasteiger partial charge < -0.3 is 15.8 Å². The molecule has 0 aliphatic rings. The second kappa shape index (κ2) is 7.13. The number of hydrogen-bond donors (Lipinski definition) is 2. The van der Waals surface area contributed by atoms with E-state index in [1.54, 1.807) is 13.8 Å². The molecule has 0 saturated carbocycles. The number of rotatable bonds is 6. The molecule has 3 N–H and O–H groups in total. The van der Waals surface area contributed by atoms with Crippen molar-refractivity contribution in [3.8, 4) is 0 Å². The van der Waals surface area contributed by atoms with Crippen molar-refractivity contribution < 1.29 is 14.3 Å². The quantitative estimate of drug-likeness (QED) is 0.620. The van der Waals surface area contributed by atoms with Gasteiger partial charge >= 0.3 is 5.97 Å². The van der Waals surface area contributed by atoms with Gasteiger partial charge in [-0.25, -0.2) is 4.79 Å². The fourth-order valence-corrected chi connectivity index (χ4v) is 2.65. The van der Waals surface area contributed by atoms with Crippen molar-refractivity contribution in [1.82, 2.24) is 5.32 Å². The molecule has 6 heteroatoms. The molecule has 5 nitrogen and oxygen atoms in total. The molecular formula is C13H20N2O3S. The third-order valence-electron chi connectivity index (χ3n) is 2.68. The van der Waals surface area contributed by atoms with Crippen molar-refractivity contribution in [3.63, 3.8) is 0 Å². The van der Waals surface area contributed by atoms with Crippen LogP contribution in [0.5, 0.6) is 0 Å². The van der Waals surface area contributed by atoms with Crippen molar-refractivity contribution in [1.29, 1.82) is 0 Å². The van der Waals surface area contributed by atoms with E-state index in [9.17, 15) is 9.59 Å². The monoisotopic (exact) mass is 284 g/mol. The van der Waals surface area contributed by atoms with Crippen LogP contribution in [0.4, 0.5) is 5.00 Å². The molecule has 0 fully saturated rings. The smallest absolute Gasteiger partial charge is 0.341 e. The minimum absolute atomic E-state index is 0.182. The van der Waals surface area contributed by atoms with Gasteiger partial charge in [0.15, 0.2) is 0 Å². The van der Waals surface area contributed by atoms with Crippen molar-refractivity contribution in [3.05, 3.63) is 16.0 Å². The molecule has 0 spiro atoms. The first-order valence-electron chi connectivity index (χ1n) is 6.37. The Bertz CT molecular complexity index is 469. The Hall–Kier alpha value is -1.56. The molecule has 0 saturated heterocycles. The van der Waals surface area contributed by atoms with E-state index in [2.05, 4.69) is 12.2 Å². The number of esters is 1. The fourth-order valence-electron chi connectivity index (χ4n) is 1.67. The minimum atomic E-state index is -0.471. The summed E-state index contributed by atoms with van der Waals surface area (Å²) in [6.45, 7) is 6.41. The Kier molecular flexibility index (Phi) is 5.82. The first-order valence-corrected chi connectivity index (χ1v) is 7.18. The minimum Gasteiger partial charge on any atom is -0.462 e. The van der Waals surface area contributed by atoms with Gasteiger partial charge in [-0.15, -0.1) is 11.3 Å². The summed E-state index contributed by atoms with van der Waals surface area (Å²) >= 11 is 1.13. The van der Waals surface area contributed by atoms with E-state index in [1.165, 1.54) is 0 Å². The summed E-state index contributed by atoms with van der Waals surface area (Å²) in [7, 11) is 0. The summed E-state index contributed by atoms with van der Waals surface area (Å²) in [5.41, 5.74) is 6.71. The number of nitrogens with two attached hydrogens (primary N) is 1. The average molecular weight is 284 g/mol. The van der Waals surface area contributed by atoms with Crippen LogP contribution in [-0.4, -0.2) is 25.0 Å². The number of amides is 1. The van der Waals surface area contributed by atoms with Crippen LogP contribution < -0.4 is 11.1 Å². The zero-order chi connectivity index (χ0) is 14.4. The van der Waals surface area contributed by atoms with E-state index in [0.29, 0.717) is 27.5 Å². The van der Waals surface area contributed by atoms with E-state index >= 15 is 0 Å². The highest BCUT2D eigenvalue weighted by Crippen LogP contribution is 2.31. The van der Waals surface area contributed by atoms with Crippen LogP contribution in [0.3, 0.4) is 0 Å². The van der Waals surface area contributed by atoms with Crippen molar-refractivity contribution >= 4 is 28.2 Å². The molecule has 106 valence electrons. The number of anilines is 1. The number of nitrogens with one attached hydrogen (secondary N) is 1. The summed E-state index contributed by atoms with van der Waals surface area (Å²) in [5.74, 6) is -0.653. The van der Waals surface area contributed by atoms with Gasteiger partial charge in [0.2, 0.25) is 0 Å². The molecule has 0 radical (unpaired) electrons. The Morgan fingerprint density at radius 2 is 2.05 bits per heavy atom. The summed E-state index contributed by atoms with van der Waals surface area (Å²) in [5, 5.41) is 3.15. The Labute approximate surface area is 117 Å². The zero-order valence-corrected chi connectivity index (χ0v) is 12.4. The van der Waals surface area contributed by atoms with Crippen LogP contribution in [-0.2, 0) is 4.74 Å². The molecule has 1 aromatic rings. The highest BCUT2D eigenvalue weighted by Gasteiger charge is 2.23. The average Bonchev–Trinajstić information content (AvgIpc) is 2.65. The van der Waals surface area contributed by atoms with Gasteiger partial charge in [-0.3, -0.25) is 4.79 Å². The van der Waals surface area contributed by atoms with Crippen LogP contribution in [0, 0.1) is 6.92 Å². The van der Waals surface area contributed by atoms with Gasteiger partial charge in [-0.1, -0.05) is 13.3 Å². The zero-order valence-electron chi connectivity index (χ0n) is 11.5. The number of nitrogen functional groups attached to an aromatic ring is 1. The number of carbonyl (C=O) groups is 2. The lowest BCUT2D eigenvalue weighted by Gasteiger charge is -2.04. The van der Waals surface area contributed by atoms with Crippen LogP contribution >= 0.6 is 11.3 Å². The molecule has 0 aliphatic carbocycles. The normalized spacial score (nSPS) is 10.3. The molecule has 0 atom stereocenters. The first kappa shape index (κ1) is 15.5. The van der Waals surface area contributed by atoms with Crippen molar-refractivity contribution in [2.75, 3.05) is 18.9 Å². The lowest BCUT2D eigenvalue weighted by atomic mass is 10.1. The molecule has 1 amide bonds. The molecule has 0 bridgehead atoms. The lowest BCUT2D eigenvalue weighted by Crippen LogP contribution is -2.24. The van der Waals surface area contributed by atoms with Crippen molar-refractivity contribution in [2.24, 2.45) is 0 Å². The Morgan fingerprint density at radius 1 is 1.37 bits per heavy atom. The molecule has 19 heavy (non-hydrogen) atoms. The number of carbonyl (C=O) groups excluding carboxylic acids is 2. The third-order valence-corrected chi connectivity index (χ3v) is 3.80. The largest absolute Gasteiger partial charge is 0.462 e. The van der Waals surface area contributed by atoms with Gasteiger partial charge in [0.1, 0.15) is 5.00 Å². The predicted molar refractivity (Wildman–Crippen MR) is 76.7 cm³/mol. The predicted octanol–water partition coefficient (Wildman–Crippen LogP) is 2.35. The van der Waals surface area contributed by atoms with Crippen LogP contribution in [0.2, 0.25) is 0 Å². The Morgan fingerprint density at radius 3 is 2.63 bits per heavy atom.